The summed E-state index contributed by atoms with van der Waals surface area (Å²) in [5.41, 5.74) is 0.699. The van der Waals surface area contributed by atoms with Crippen molar-refractivity contribution in [3.63, 3.8) is 0 Å². The van der Waals surface area contributed by atoms with E-state index in [-0.39, 0.29) is 17.1 Å². The van der Waals surface area contributed by atoms with Crippen LogP contribution in [0.4, 0.5) is 4.39 Å². The number of halogens is 2. The van der Waals surface area contributed by atoms with E-state index in [0.717, 1.165) is 6.42 Å². The lowest BCUT2D eigenvalue weighted by Gasteiger charge is -2.20. The first-order valence-electron chi connectivity index (χ1n) is 6.72. The molecule has 1 aromatic carbocycles. The zero-order valence-electron chi connectivity index (χ0n) is 11.5. The molecule has 1 N–H and O–H groups in total. The van der Waals surface area contributed by atoms with Gasteiger partial charge in [-0.05, 0) is 24.1 Å². The van der Waals surface area contributed by atoms with Gasteiger partial charge in [-0.2, -0.15) is 4.98 Å². The maximum absolute atomic E-state index is 13.7. The number of nitrogens with zero attached hydrogens (tertiary/aromatic N) is 2. The van der Waals surface area contributed by atoms with Gasteiger partial charge in [-0.25, -0.2) is 4.39 Å². The Labute approximate surface area is 126 Å². The Morgan fingerprint density at radius 2 is 2.33 bits per heavy atom. The molecule has 0 saturated carbocycles. The molecule has 3 rings (SSSR count). The molecule has 2 heterocycles. The van der Waals surface area contributed by atoms with Crippen LogP contribution in [-0.2, 0) is 4.74 Å². The van der Waals surface area contributed by atoms with Crippen LogP contribution >= 0.6 is 11.6 Å². The standard InChI is InChI=1S/C14H15ClFN3O2/c1-8-17-14(19-21-8)13(18-10-4-5-20-7-10)9-2-3-11(15)12(16)6-9/h2-3,6,10,13,18H,4-5,7H2,1H3/t10-,13-/m1/s1. The molecule has 0 aliphatic carbocycles. The molecule has 2 atom stereocenters. The van der Waals surface area contributed by atoms with E-state index in [9.17, 15) is 4.39 Å². The molecule has 112 valence electrons. The lowest BCUT2D eigenvalue weighted by Crippen LogP contribution is -2.34. The molecular formula is C14H15ClFN3O2. The van der Waals surface area contributed by atoms with Gasteiger partial charge in [0, 0.05) is 19.6 Å². The number of hydrogen-bond donors (Lipinski definition) is 1. The van der Waals surface area contributed by atoms with E-state index in [1.54, 1.807) is 13.0 Å². The summed E-state index contributed by atoms with van der Waals surface area (Å²) in [4.78, 5) is 4.25. The third-order valence-corrected chi connectivity index (χ3v) is 3.72. The molecule has 21 heavy (non-hydrogen) atoms. The monoisotopic (exact) mass is 311 g/mol. The van der Waals surface area contributed by atoms with Crippen molar-refractivity contribution < 1.29 is 13.7 Å². The van der Waals surface area contributed by atoms with Crippen LogP contribution in [0, 0.1) is 12.7 Å². The van der Waals surface area contributed by atoms with Crippen LogP contribution in [-0.4, -0.2) is 29.4 Å². The van der Waals surface area contributed by atoms with Gasteiger partial charge in [0.1, 0.15) is 5.82 Å². The summed E-state index contributed by atoms with van der Waals surface area (Å²) in [5.74, 6) is 0.471. The van der Waals surface area contributed by atoms with E-state index in [1.807, 2.05) is 0 Å². The predicted octanol–water partition coefficient (Wildman–Crippen LogP) is 2.64. The normalized spacial score (nSPS) is 19.9. The fraction of sp³-hybridized carbons (Fsp3) is 0.429. The average molecular weight is 312 g/mol. The summed E-state index contributed by atoms with van der Waals surface area (Å²) in [6, 6.07) is 4.49. The minimum Gasteiger partial charge on any atom is -0.380 e. The fourth-order valence-electron chi connectivity index (χ4n) is 2.35. The Morgan fingerprint density at radius 3 is 2.95 bits per heavy atom. The van der Waals surface area contributed by atoms with Crippen molar-refractivity contribution in [2.24, 2.45) is 0 Å². The lowest BCUT2D eigenvalue weighted by molar-refractivity contribution is 0.188. The highest BCUT2D eigenvalue weighted by atomic mass is 35.5. The van der Waals surface area contributed by atoms with Gasteiger partial charge in [0.2, 0.25) is 5.89 Å². The Kier molecular flexibility index (Phi) is 4.19. The van der Waals surface area contributed by atoms with Gasteiger partial charge in [-0.15, -0.1) is 0 Å². The largest absolute Gasteiger partial charge is 0.380 e. The number of benzene rings is 1. The molecule has 0 amide bonds. The highest BCUT2D eigenvalue weighted by molar-refractivity contribution is 6.30. The molecule has 0 spiro atoms. The third-order valence-electron chi connectivity index (χ3n) is 3.41. The van der Waals surface area contributed by atoms with Crippen LogP contribution in [0.5, 0.6) is 0 Å². The molecule has 1 aromatic heterocycles. The van der Waals surface area contributed by atoms with Gasteiger partial charge < -0.3 is 9.26 Å². The van der Waals surface area contributed by atoms with Gasteiger partial charge in [0.15, 0.2) is 5.82 Å². The van der Waals surface area contributed by atoms with Gasteiger partial charge in [0.25, 0.3) is 0 Å². The highest BCUT2D eigenvalue weighted by Gasteiger charge is 2.26. The summed E-state index contributed by atoms with van der Waals surface area (Å²) in [6.07, 6.45) is 0.892. The van der Waals surface area contributed by atoms with Crippen molar-refractivity contribution >= 4 is 11.6 Å². The SMILES string of the molecule is Cc1nc([C@H](N[C@@H]2CCOC2)c2ccc(Cl)c(F)c2)no1. The molecule has 2 aromatic rings. The number of aromatic nitrogens is 2. The Hall–Kier alpha value is -1.50. The van der Waals surface area contributed by atoms with Crippen molar-refractivity contribution in [1.29, 1.82) is 0 Å². The molecule has 1 aliphatic rings. The number of aryl methyl sites for hydroxylation is 1. The topological polar surface area (TPSA) is 60.2 Å². The maximum Gasteiger partial charge on any atom is 0.223 e. The first kappa shape index (κ1) is 14.4. The second-order valence-corrected chi connectivity index (χ2v) is 5.41. The molecule has 7 heteroatoms. The molecule has 5 nitrogen and oxygen atoms in total. The predicted molar refractivity (Wildman–Crippen MR) is 74.6 cm³/mol. The van der Waals surface area contributed by atoms with Gasteiger partial charge in [0.05, 0.1) is 17.7 Å². The second-order valence-electron chi connectivity index (χ2n) is 5.01. The second kappa shape index (κ2) is 6.09. The van der Waals surface area contributed by atoms with Crippen molar-refractivity contribution in [1.82, 2.24) is 15.5 Å². The highest BCUT2D eigenvalue weighted by Crippen LogP contribution is 2.25. The Balaban J connectivity index is 1.92. The van der Waals surface area contributed by atoms with Gasteiger partial charge in [-0.1, -0.05) is 22.8 Å². The van der Waals surface area contributed by atoms with Crippen LogP contribution in [0.25, 0.3) is 0 Å². The van der Waals surface area contributed by atoms with Gasteiger partial charge >= 0.3 is 0 Å². The van der Waals surface area contributed by atoms with E-state index >= 15 is 0 Å². The fourth-order valence-corrected chi connectivity index (χ4v) is 2.46. The first-order valence-corrected chi connectivity index (χ1v) is 7.10. The minimum atomic E-state index is -0.469. The number of hydrogen-bond acceptors (Lipinski definition) is 5. The van der Waals surface area contributed by atoms with Crippen molar-refractivity contribution in [2.45, 2.75) is 25.4 Å². The van der Waals surface area contributed by atoms with Crippen molar-refractivity contribution in [3.05, 3.63) is 46.3 Å². The molecular weight excluding hydrogens is 297 g/mol. The van der Waals surface area contributed by atoms with Crippen molar-refractivity contribution in [3.8, 4) is 0 Å². The van der Waals surface area contributed by atoms with E-state index < -0.39 is 5.82 Å². The minimum absolute atomic E-state index is 0.0889. The van der Waals surface area contributed by atoms with Crippen LogP contribution in [0.2, 0.25) is 5.02 Å². The molecule has 0 unspecified atom stereocenters. The molecule has 1 saturated heterocycles. The summed E-state index contributed by atoms with van der Waals surface area (Å²) in [6.45, 7) is 3.04. The van der Waals surface area contributed by atoms with Crippen LogP contribution < -0.4 is 5.32 Å². The average Bonchev–Trinajstić information content (AvgIpc) is 3.11. The first-order chi connectivity index (χ1) is 10.1. The lowest BCUT2D eigenvalue weighted by atomic mass is 10.0. The van der Waals surface area contributed by atoms with E-state index in [2.05, 4.69) is 15.5 Å². The molecule has 0 bridgehead atoms. The summed E-state index contributed by atoms with van der Waals surface area (Å²) < 4.78 is 24.1. The van der Waals surface area contributed by atoms with Crippen LogP contribution in [0.1, 0.15) is 29.7 Å². The van der Waals surface area contributed by atoms with E-state index in [4.69, 9.17) is 20.9 Å². The van der Waals surface area contributed by atoms with Crippen molar-refractivity contribution in [2.75, 3.05) is 13.2 Å². The Bertz CT molecular complexity index is 628. The third kappa shape index (κ3) is 3.23. The zero-order chi connectivity index (χ0) is 14.8. The smallest absolute Gasteiger partial charge is 0.223 e. The van der Waals surface area contributed by atoms with E-state index in [1.165, 1.54) is 12.1 Å². The van der Waals surface area contributed by atoms with E-state index in [0.29, 0.717) is 30.5 Å². The quantitative estimate of drug-likeness (QED) is 0.940. The maximum atomic E-state index is 13.7. The zero-order valence-corrected chi connectivity index (χ0v) is 12.2. The molecule has 0 radical (unpaired) electrons. The molecule has 1 fully saturated rings. The number of nitrogens with one attached hydrogen (secondary N) is 1. The Morgan fingerprint density at radius 1 is 1.48 bits per heavy atom. The van der Waals surface area contributed by atoms with Crippen LogP contribution in [0.15, 0.2) is 22.7 Å². The summed E-state index contributed by atoms with van der Waals surface area (Å²) in [7, 11) is 0. The summed E-state index contributed by atoms with van der Waals surface area (Å²) >= 11 is 5.74. The number of ether oxygens (including phenoxy) is 1. The summed E-state index contributed by atoms with van der Waals surface area (Å²) in [5, 5.41) is 7.42. The number of rotatable bonds is 4. The van der Waals surface area contributed by atoms with Gasteiger partial charge in [-0.3, -0.25) is 5.32 Å². The van der Waals surface area contributed by atoms with Crippen LogP contribution in [0.3, 0.4) is 0 Å². The molecule has 1 aliphatic heterocycles.